The van der Waals surface area contributed by atoms with Crippen LogP contribution in [0.5, 0.6) is 0 Å². The predicted molar refractivity (Wildman–Crippen MR) is 84.5 cm³/mol. The number of benzene rings is 2. The van der Waals surface area contributed by atoms with E-state index in [-0.39, 0.29) is 5.82 Å². The fourth-order valence-corrected chi connectivity index (χ4v) is 2.16. The van der Waals surface area contributed by atoms with Gasteiger partial charge in [0.2, 0.25) is 0 Å². The molecule has 98 valence electrons. The Morgan fingerprint density at radius 2 is 1.74 bits per heavy atom. The number of hydrogen-bond donors (Lipinski definition) is 2. The van der Waals surface area contributed by atoms with E-state index < -0.39 is 0 Å². The Labute approximate surface area is 121 Å². The molecule has 2 nitrogen and oxygen atoms in total. The van der Waals surface area contributed by atoms with Crippen LogP contribution in [0.2, 0.25) is 0 Å². The van der Waals surface area contributed by atoms with Gasteiger partial charge in [-0.15, -0.1) is 11.8 Å². The molecule has 0 aliphatic carbocycles. The SMILES string of the molecule is CSc1ccc(NC(=S)Nc2ccccc2F)cc1. The molecule has 0 aromatic heterocycles. The van der Waals surface area contributed by atoms with Gasteiger partial charge in [-0.1, -0.05) is 12.1 Å². The van der Waals surface area contributed by atoms with Gasteiger partial charge >= 0.3 is 0 Å². The molecule has 0 spiro atoms. The fraction of sp³-hybridized carbons (Fsp3) is 0.0714. The van der Waals surface area contributed by atoms with E-state index in [0.717, 1.165) is 5.69 Å². The number of halogens is 1. The summed E-state index contributed by atoms with van der Waals surface area (Å²) < 4.78 is 13.4. The fourth-order valence-electron chi connectivity index (χ4n) is 1.52. The van der Waals surface area contributed by atoms with Gasteiger partial charge in [-0.05, 0) is 54.9 Å². The molecule has 0 aliphatic heterocycles. The van der Waals surface area contributed by atoms with E-state index in [4.69, 9.17) is 12.2 Å². The molecule has 0 saturated heterocycles. The quantitative estimate of drug-likeness (QED) is 0.648. The van der Waals surface area contributed by atoms with Crippen molar-refractivity contribution in [3.05, 3.63) is 54.3 Å². The molecule has 0 atom stereocenters. The molecular formula is C14H13FN2S2. The van der Waals surface area contributed by atoms with Crippen molar-refractivity contribution in [1.29, 1.82) is 0 Å². The van der Waals surface area contributed by atoms with Crippen LogP contribution in [-0.2, 0) is 0 Å². The Bertz CT molecular complexity index is 570. The third-order valence-corrected chi connectivity index (χ3v) is 3.42. The van der Waals surface area contributed by atoms with Crippen LogP contribution in [0.3, 0.4) is 0 Å². The summed E-state index contributed by atoms with van der Waals surface area (Å²) in [6, 6.07) is 14.3. The first-order valence-corrected chi connectivity index (χ1v) is 7.29. The molecule has 0 heterocycles. The van der Waals surface area contributed by atoms with Crippen LogP contribution in [-0.4, -0.2) is 11.4 Å². The first-order chi connectivity index (χ1) is 9.19. The Balaban J connectivity index is 1.99. The molecule has 0 saturated carbocycles. The Kier molecular flexibility index (Phi) is 4.76. The molecule has 0 fully saturated rings. The van der Waals surface area contributed by atoms with Gasteiger partial charge in [0.1, 0.15) is 5.82 Å². The van der Waals surface area contributed by atoms with E-state index >= 15 is 0 Å². The normalized spacial score (nSPS) is 10.0. The molecule has 2 N–H and O–H groups in total. The molecule has 2 rings (SSSR count). The topological polar surface area (TPSA) is 24.1 Å². The van der Waals surface area contributed by atoms with Crippen LogP contribution in [0.1, 0.15) is 0 Å². The standard InChI is InChI=1S/C14H13FN2S2/c1-19-11-8-6-10(7-9-11)16-14(18)17-13-5-3-2-4-12(13)15/h2-9H,1H3,(H2,16,17,18). The van der Waals surface area contributed by atoms with E-state index in [1.165, 1.54) is 11.0 Å². The van der Waals surface area contributed by atoms with Crippen molar-refractivity contribution < 1.29 is 4.39 Å². The molecule has 2 aromatic carbocycles. The third kappa shape index (κ3) is 3.94. The largest absolute Gasteiger partial charge is 0.332 e. The average molecular weight is 292 g/mol. The smallest absolute Gasteiger partial charge is 0.175 e. The van der Waals surface area contributed by atoms with Crippen molar-refractivity contribution in [2.45, 2.75) is 4.90 Å². The van der Waals surface area contributed by atoms with E-state index in [0.29, 0.717) is 10.8 Å². The lowest BCUT2D eigenvalue weighted by Crippen LogP contribution is -2.19. The maximum absolute atomic E-state index is 13.4. The van der Waals surface area contributed by atoms with Crippen LogP contribution in [0.4, 0.5) is 15.8 Å². The van der Waals surface area contributed by atoms with Gasteiger partial charge in [0.25, 0.3) is 0 Å². The molecule has 0 aliphatic rings. The van der Waals surface area contributed by atoms with Crippen molar-refractivity contribution >= 4 is 40.5 Å². The average Bonchev–Trinajstić information content (AvgIpc) is 2.42. The van der Waals surface area contributed by atoms with Gasteiger partial charge in [0.05, 0.1) is 5.69 Å². The van der Waals surface area contributed by atoms with Crippen LogP contribution in [0.25, 0.3) is 0 Å². The first-order valence-electron chi connectivity index (χ1n) is 5.65. The number of para-hydroxylation sites is 1. The van der Waals surface area contributed by atoms with E-state index in [9.17, 15) is 4.39 Å². The van der Waals surface area contributed by atoms with Gasteiger partial charge in [-0.25, -0.2) is 4.39 Å². The zero-order valence-corrected chi connectivity index (χ0v) is 11.9. The van der Waals surface area contributed by atoms with Crippen molar-refractivity contribution in [3.8, 4) is 0 Å². The van der Waals surface area contributed by atoms with Crippen LogP contribution >= 0.6 is 24.0 Å². The van der Waals surface area contributed by atoms with Gasteiger partial charge < -0.3 is 10.6 Å². The number of hydrogen-bond acceptors (Lipinski definition) is 2. The summed E-state index contributed by atoms with van der Waals surface area (Å²) in [5, 5.41) is 6.20. The third-order valence-electron chi connectivity index (χ3n) is 2.47. The summed E-state index contributed by atoms with van der Waals surface area (Å²) in [4.78, 5) is 1.18. The molecule has 5 heteroatoms. The number of rotatable bonds is 3. The lowest BCUT2D eigenvalue weighted by Gasteiger charge is -2.11. The zero-order chi connectivity index (χ0) is 13.7. The molecular weight excluding hydrogens is 279 g/mol. The Hall–Kier alpha value is -1.59. The van der Waals surface area contributed by atoms with Crippen molar-refractivity contribution in [1.82, 2.24) is 0 Å². The highest BCUT2D eigenvalue weighted by Gasteiger charge is 2.03. The van der Waals surface area contributed by atoms with Crippen LogP contribution in [0.15, 0.2) is 53.4 Å². The Morgan fingerprint density at radius 3 is 2.37 bits per heavy atom. The summed E-state index contributed by atoms with van der Waals surface area (Å²) in [5.41, 5.74) is 1.23. The summed E-state index contributed by atoms with van der Waals surface area (Å²) in [6.45, 7) is 0. The summed E-state index contributed by atoms with van der Waals surface area (Å²) >= 11 is 6.82. The number of anilines is 2. The second-order valence-electron chi connectivity index (χ2n) is 3.79. The molecule has 2 aromatic rings. The summed E-state index contributed by atoms with van der Waals surface area (Å²) in [7, 11) is 0. The van der Waals surface area contributed by atoms with Gasteiger partial charge in [0, 0.05) is 10.6 Å². The van der Waals surface area contributed by atoms with Gasteiger partial charge in [-0.2, -0.15) is 0 Å². The van der Waals surface area contributed by atoms with Crippen molar-refractivity contribution in [2.24, 2.45) is 0 Å². The lowest BCUT2D eigenvalue weighted by atomic mass is 10.3. The minimum absolute atomic E-state index is 0.329. The Morgan fingerprint density at radius 1 is 1.05 bits per heavy atom. The highest BCUT2D eigenvalue weighted by Crippen LogP contribution is 2.18. The second kappa shape index (κ2) is 6.54. The predicted octanol–water partition coefficient (Wildman–Crippen LogP) is 4.36. The molecule has 19 heavy (non-hydrogen) atoms. The van der Waals surface area contributed by atoms with Crippen molar-refractivity contribution in [2.75, 3.05) is 16.9 Å². The van der Waals surface area contributed by atoms with E-state index in [2.05, 4.69) is 10.6 Å². The zero-order valence-electron chi connectivity index (χ0n) is 10.3. The monoisotopic (exact) mass is 292 g/mol. The molecule has 0 radical (unpaired) electrons. The van der Waals surface area contributed by atoms with Gasteiger partial charge in [-0.3, -0.25) is 0 Å². The summed E-state index contributed by atoms with van der Waals surface area (Å²) in [6.07, 6.45) is 2.02. The highest BCUT2D eigenvalue weighted by molar-refractivity contribution is 7.98. The number of nitrogens with one attached hydrogen (secondary N) is 2. The molecule has 0 bridgehead atoms. The summed E-state index contributed by atoms with van der Waals surface area (Å²) in [5.74, 6) is -0.329. The van der Waals surface area contributed by atoms with E-state index in [1.54, 1.807) is 30.0 Å². The van der Waals surface area contributed by atoms with Crippen LogP contribution in [0, 0.1) is 5.82 Å². The minimum atomic E-state index is -0.329. The minimum Gasteiger partial charge on any atom is -0.332 e. The lowest BCUT2D eigenvalue weighted by molar-refractivity contribution is 0.632. The molecule has 0 unspecified atom stereocenters. The maximum Gasteiger partial charge on any atom is 0.175 e. The second-order valence-corrected chi connectivity index (χ2v) is 5.08. The highest BCUT2D eigenvalue weighted by atomic mass is 32.2. The maximum atomic E-state index is 13.4. The van der Waals surface area contributed by atoms with Crippen LogP contribution < -0.4 is 10.6 Å². The number of thiocarbonyl (C=S) groups is 1. The molecule has 0 amide bonds. The first kappa shape index (κ1) is 13.8. The van der Waals surface area contributed by atoms with Crippen molar-refractivity contribution in [3.63, 3.8) is 0 Å². The van der Waals surface area contributed by atoms with Gasteiger partial charge in [0.15, 0.2) is 5.11 Å². The van der Waals surface area contributed by atoms with E-state index in [1.807, 2.05) is 30.5 Å². The number of thioether (sulfide) groups is 1.